The number of rotatable bonds is 2. The maximum absolute atomic E-state index is 12.8. The average Bonchev–Trinajstić information content (AvgIpc) is 2.89. The van der Waals surface area contributed by atoms with Gasteiger partial charge in [-0.1, -0.05) is 12.1 Å². The van der Waals surface area contributed by atoms with Crippen molar-refractivity contribution in [3.05, 3.63) is 40.4 Å². The van der Waals surface area contributed by atoms with Crippen molar-refractivity contribution < 1.29 is 14.4 Å². The van der Waals surface area contributed by atoms with Gasteiger partial charge in [0.1, 0.15) is 17.9 Å². The molecule has 146 valence electrons. The van der Waals surface area contributed by atoms with Gasteiger partial charge in [-0.2, -0.15) is 0 Å². The predicted octanol–water partition coefficient (Wildman–Crippen LogP) is 0.248. The number of amides is 4. The second-order valence-electron chi connectivity index (χ2n) is 7.32. The summed E-state index contributed by atoms with van der Waals surface area (Å²) >= 11 is 0. The maximum Gasteiger partial charge on any atom is 0.324 e. The van der Waals surface area contributed by atoms with Gasteiger partial charge in [0.2, 0.25) is 5.91 Å². The number of carbonyl (C=O) groups excluding carboxylic acids is 3. The van der Waals surface area contributed by atoms with Gasteiger partial charge < -0.3 is 10.2 Å². The van der Waals surface area contributed by atoms with Gasteiger partial charge in [-0.15, -0.1) is 0 Å². The molecule has 9 nitrogen and oxygen atoms in total. The zero-order valence-electron chi connectivity index (χ0n) is 15.8. The van der Waals surface area contributed by atoms with E-state index in [9.17, 15) is 19.2 Å². The SMILES string of the molecule is Cc1nc2ccccc2c(=O)n1CC(=O)N1CCC2(CC1)NC(=O)N(C)C2=O. The van der Waals surface area contributed by atoms with Crippen LogP contribution in [0.1, 0.15) is 18.7 Å². The number of urea groups is 1. The van der Waals surface area contributed by atoms with Crippen molar-refractivity contribution in [3.8, 4) is 0 Å². The number of piperidine rings is 1. The van der Waals surface area contributed by atoms with E-state index in [1.807, 2.05) is 6.07 Å². The molecule has 2 fully saturated rings. The molecule has 0 unspecified atom stereocenters. The van der Waals surface area contributed by atoms with Crippen molar-refractivity contribution in [1.29, 1.82) is 0 Å². The molecule has 2 saturated heterocycles. The molecule has 1 aromatic heterocycles. The van der Waals surface area contributed by atoms with Gasteiger partial charge in [0.15, 0.2) is 0 Å². The highest BCUT2D eigenvalue weighted by molar-refractivity contribution is 6.06. The van der Waals surface area contributed by atoms with E-state index in [1.54, 1.807) is 30.0 Å². The minimum Gasteiger partial charge on any atom is -0.341 e. The lowest BCUT2D eigenvalue weighted by Crippen LogP contribution is -2.56. The Balaban J connectivity index is 1.50. The first-order chi connectivity index (χ1) is 13.3. The highest BCUT2D eigenvalue weighted by Gasteiger charge is 2.51. The fourth-order valence-electron chi connectivity index (χ4n) is 3.93. The Morgan fingerprint density at radius 1 is 1.18 bits per heavy atom. The molecule has 1 spiro atoms. The third-order valence-electron chi connectivity index (χ3n) is 5.68. The van der Waals surface area contributed by atoms with Gasteiger partial charge in [-0.3, -0.25) is 23.9 Å². The van der Waals surface area contributed by atoms with Crippen LogP contribution in [0.4, 0.5) is 4.79 Å². The number of aromatic nitrogens is 2. The molecule has 1 N–H and O–H groups in total. The minimum atomic E-state index is -0.917. The fourth-order valence-corrected chi connectivity index (χ4v) is 3.93. The van der Waals surface area contributed by atoms with Gasteiger partial charge in [-0.25, -0.2) is 9.78 Å². The van der Waals surface area contributed by atoms with E-state index in [1.165, 1.54) is 11.6 Å². The van der Waals surface area contributed by atoms with Gasteiger partial charge in [0.05, 0.1) is 10.9 Å². The molecule has 28 heavy (non-hydrogen) atoms. The monoisotopic (exact) mass is 383 g/mol. The van der Waals surface area contributed by atoms with Gasteiger partial charge in [-0.05, 0) is 31.9 Å². The summed E-state index contributed by atoms with van der Waals surface area (Å²) in [7, 11) is 1.45. The molecule has 0 aliphatic carbocycles. The highest BCUT2D eigenvalue weighted by Crippen LogP contribution is 2.28. The lowest BCUT2D eigenvalue weighted by atomic mass is 9.87. The molecular formula is C19H21N5O4. The maximum atomic E-state index is 12.8. The molecule has 0 bridgehead atoms. The van der Waals surface area contributed by atoms with Crippen LogP contribution in [0.5, 0.6) is 0 Å². The van der Waals surface area contributed by atoms with Crippen molar-refractivity contribution in [1.82, 2.24) is 24.7 Å². The van der Waals surface area contributed by atoms with Crippen LogP contribution in [0.3, 0.4) is 0 Å². The molecule has 3 heterocycles. The Kier molecular flexibility index (Phi) is 4.17. The van der Waals surface area contributed by atoms with Crippen LogP contribution in [-0.4, -0.2) is 62.9 Å². The molecule has 1 aromatic carbocycles. The van der Waals surface area contributed by atoms with Gasteiger partial charge >= 0.3 is 6.03 Å². The van der Waals surface area contributed by atoms with Crippen LogP contribution in [0, 0.1) is 6.92 Å². The van der Waals surface area contributed by atoms with Crippen LogP contribution in [-0.2, 0) is 16.1 Å². The number of carbonyl (C=O) groups is 3. The molecule has 2 aromatic rings. The normalized spacial score (nSPS) is 18.8. The first-order valence-electron chi connectivity index (χ1n) is 9.17. The topological polar surface area (TPSA) is 105 Å². The standard InChI is InChI=1S/C19H21N5O4/c1-12-20-14-6-4-3-5-13(14)16(26)24(12)11-15(25)23-9-7-19(8-10-23)17(27)22(2)18(28)21-19/h3-6H,7-11H2,1-2H3,(H,21,28). The van der Waals surface area contributed by atoms with E-state index >= 15 is 0 Å². The first-order valence-corrected chi connectivity index (χ1v) is 9.17. The zero-order chi connectivity index (χ0) is 20.1. The highest BCUT2D eigenvalue weighted by atomic mass is 16.2. The Morgan fingerprint density at radius 2 is 1.86 bits per heavy atom. The quantitative estimate of drug-likeness (QED) is 0.749. The summed E-state index contributed by atoms with van der Waals surface area (Å²) in [6, 6.07) is 6.63. The van der Waals surface area contributed by atoms with E-state index in [2.05, 4.69) is 10.3 Å². The molecular weight excluding hydrogens is 362 g/mol. The summed E-state index contributed by atoms with van der Waals surface area (Å²) in [5.41, 5.74) is -0.558. The number of para-hydroxylation sites is 1. The molecule has 4 amide bonds. The zero-order valence-corrected chi connectivity index (χ0v) is 15.8. The minimum absolute atomic E-state index is 0.101. The van der Waals surface area contributed by atoms with Crippen LogP contribution < -0.4 is 10.9 Å². The number of nitrogens with one attached hydrogen (secondary N) is 1. The van der Waals surface area contributed by atoms with Crippen LogP contribution in [0.25, 0.3) is 10.9 Å². The molecule has 0 radical (unpaired) electrons. The summed E-state index contributed by atoms with van der Waals surface area (Å²) in [5.74, 6) is 0.0167. The molecule has 4 rings (SSSR count). The molecule has 9 heteroatoms. The number of likely N-dealkylation sites (tertiary alicyclic amines) is 1. The third kappa shape index (κ3) is 2.74. The number of likely N-dealkylation sites (N-methyl/N-ethyl adjacent to an activating group) is 1. The second kappa shape index (κ2) is 6.43. The lowest BCUT2D eigenvalue weighted by molar-refractivity contribution is -0.138. The molecule has 0 atom stereocenters. The second-order valence-corrected chi connectivity index (χ2v) is 7.32. The van der Waals surface area contributed by atoms with E-state index in [4.69, 9.17) is 0 Å². The van der Waals surface area contributed by atoms with Crippen LogP contribution in [0.15, 0.2) is 29.1 Å². The molecule has 0 saturated carbocycles. The van der Waals surface area contributed by atoms with Crippen LogP contribution in [0.2, 0.25) is 0 Å². The third-order valence-corrected chi connectivity index (χ3v) is 5.68. The van der Waals surface area contributed by atoms with Crippen molar-refractivity contribution in [2.24, 2.45) is 0 Å². The number of hydrogen-bond acceptors (Lipinski definition) is 5. The Morgan fingerprint density at radius 3 is 2.50 bits per heavy atom. The lowest BCUT2D eigenvalue weighted by Gasteiger charge is -2.37. The Hall–Kier alpha value is -3.23. The first kappa shape index (κ1) is 18.1. The predicted molar refractivity (Wildman–Crippen MR) is 101 cm³/mol. The van der Waals surface area contributed by atoms with Gasteiger partial charge in [0, 0.05) is 20.1 Å². The summed E-state index contributed by atoms with van der Waals surface area (Å²) in [6.45, 7) is 2.28. The number of hydrogen-bond donors (Lipinski definition) is 1. The van der Waals surface area contributed by atoms with Gasteiger partial charge in [0.25, 0.3) is 11.5 Å². The van der Waals surface area contributed by atoms with Crippen molar-refractivity contribution in [2.75, 3.05) is 20.1 Å². The van der Waals surface area contributed by atoms with Crippen molar-refractivity contribution >= 4 is 28.7 Å². The Labute approximate surface area is 160 Å². The smallest absolute Gasteiger partial charge is 0.324 e. The summed E-state index contributed by atoms with van der Waals surface area (Å²) in [6.07, 6.45) is 0.717. The van der Waals surface area contributed by atoms with Crippen molar-refractivity contribution in [3.63, 3.8) is 0 Å². The number of nitrogens with zero attached hydrogens (tertiary/aromatic N) is 4. The Bertz CT molecular complexity index is 1050. The largest absolute Gasteiger partial charge is 0.341 e. The van der Waals surface area contributed by atoms with E-state index < -0.39 is 11.6 Å². The average molecular weight is 383 g/mol. The number of aryl methyl sites for hydroxylation is 1. The summed E-state index contributed by atoms with van der Waals surface area (Å²) in [4.78, 5) is 56.8. The van der Waals surface area contributed by atoms with Crippen molar-refractivity contribution in [2.45, 2.75) is 31.8 Å². The van der Waals surface area contributed by atoms with E-state index in [0.717, 1.165) is 4.90 Å². The summed E-state index contributed by atoms with van der Waals surface area (Å²) in [5, 5.41) is 3.22. The fraction of sp³-hybridized carbons (Fsp3) is 0.421. The summed E-state index contributed by atoms with van der Waals surface area (Å²) < 4.78 is 1.38. The molecule has 2 aliphatic rings. The molecule has 2 aliphatic heterocycles. The van der Waals surface area contributed by atoms with E-state index in [0.29, 0.717) is 42.7 Å². The van der Waals surface area contributed by atoms with Crippen LogP contribution >= 0.6 is 0 Å². The number of benzene rings is 1. The number of fused-ring (bicyclic) bond motifs is 1. The van der Waals surface area contributed by atoms with E-state index in [-0.39, 0.29) is 23.9 Å². The number of imide groups is 1.